The zero-order chi connectivity index (χ0) is 30.5. The maximum absolute atomic E-state index is 14.0. The summed E-state index contributed by atoms with van der Waals surface area (Å²) < 4.78 is 0. The summed E-state index contributed by atoms with van der Waals surface area (Å²) >= 11 is 0. The largest absolute Gasteiger partial charge is 0.508 e. The van der Waals surface area contributed by atoms with Gasteiger partial charge in [0.05, 0.1) is 0 Å². The Kier molecular flexibility index (Phi) is 6.78. The number of ketones is 1. The van der Waals surface area contributed by atoms with E-state index in [2.05, 4.69) is 55.4 Å². The van der Waals surface area contributed by atoms with Crippen LogP contribution in [0.4, 0.5) is 0 Å². The lowest BCUT2D eigenvalue weighted by Gasteiger charge is -2.73. The van der Waals surface area contributed by atoms with E-state index < -0.39 is 5.41 Å². The number of phenols is 1. The van der Waals surface area contributed by atoms with E-state index >= 15 is 0 Å². The maximum Gasteiger partial charge on any atom is 0.168 e. The number of aliphatic hydroxyl groups excluding tert-OH is 1. The van der Waals surface area contributed by atoms with Crippen LogP contribution in [0.2, 0.25) is 0 Å². The predicted octanol–water partition coefficient (Wildman–Crippen LogP) is 10.3. The number of phenolic OH excluding ortho intramolecular Hbond substituents is 1. The second kappa shape index (κ2) is 9.48. The van der Waals surface area contributed by atoms with E-state index in [-0.39, 0.29) is 28.1 Å². The Morgan fingerprint density at radius 3 is 2.14 bits per heavy atom. The highest BCUT2D eigenvalue weighted by Gasteiger charge is 2.70. The average Bonchev–Trinajstić information content (AvgIpc) is 2.91. The molecule has 0 amide bonds. The van der Waals surface area contributed by atoms with Crippen molar-refractivity contribution < 1.29 is 15.0 Å². The molecule has 5 fully saturated rings. The smallest absolute Gasteiger partial charge is 0.168 e. The van der Waals surface area contributed by atoms with E-state index in [1.807, 2.05) is 18.2 Å². The first-order chi connectivity index (χ1) is 19.5. The number of hydrogen-bond donors (Lipinski definition) is 2. The number of carbonyl (C=O) groups is 1. The van der Waals surface area contributed by atoms with Crippen molar-refractivity contribution in [3.05, 3.63) is 47.2 Å². The van der Waals surface area contributed by atoms with Gasteiger partial charge in [0.25, 0.3) is 0 Å². The minimum atomic E-state index is -0.500. The molecule has 5 saturated carbocycles. The second-order valence-corrected chi connectivity index (χ2v) is 17.8. The summed E-state index contributed by atoms with van der Waals surface area (Å²) in [5.41, 5.74) is 2.48. The molecule has 5 aliphatic rings. The van der Waals surface area contributed by atoms with Crippen LogP contribution >= 0.6 is 0 Å². The lowest BCUT2D eigenvalue weighted by atomic mass is 9.31. The summed E-state index contributed by atoms with van der Waals surface area (Å²) in [4.78, 5) is 14.0. The molecular weight excluding hydrogens is 516 g/mol. The number of allylic oxidation sites excluding steroid dienone is 2. The first-order valence-corrected chi connectivity index (χ1v) is 16.9. The summed E-state index contributed by atoms with van der Waals surface area (Å²) in [6, 6.07) is 6.93. The Balaban J connectivity index is 1.36. The van der Waals surface area contributed by atoms with Gasteiger partial charge < -0.3 is 10.2 Å². The Hall–Kier alpha value is -2.03. The minimum Gasteiger partial charge on any atom is -0.508 e. The lowest BCUT2D eigenvalue weighted by Crippen LogP contribution is -2.66. The van der Waals surface area contributed by atoms with Crippen molar-refractivity contribution in [1.29, 1.82) is 0 Å². The Bertz CT molecular complexity index is 1320. The van der Waals surface area contributed by atoms with E-state index in [0.717, 1.165) is 23.8 Å². The average molecular weight is 573 g/mol. The molecule has 2 N–H and O–H groups in total. The van der Waals surface area contributed by atoms with Crippen LogP contribution in [0, 0.1) is 56.2 Å². The van der Waals surface area contributed by atoms with Crippen molar-refractivity contribution in [1.82, 2.24) is 0 Å². The van der Waals surface area contributed by atoms with Crippen LogP contribution in [0.25, 0.3) is 6.08 Å². The quantitative estimate of drug-likeness (QED) is 0.274. The van der Waals surface area contributed by atoms with Crippen LogP contribution in [0.15, 0.2) is 41.7 Å². The molecule has 8 atom stereocenters. The molecule has 0 spiro atoms. The first-order valence-electron chi connectivity index (χ1n) is 16.9. The number of aliphatic hydroxyl groups is 1. The maximum atomic E-state index is 14.0. The van der Waals surface area contributed by atoms with Gasteiger partial charge in [-0.15, -0.1) is 0 Å². The molecule has 42 heavy (non-hydrogen) atoms. The van der Waals surface area contributed by atoms with Gasteiger partial charge in [-0.3, -0.25) is 4.79 Å². The van der Waals surface area contributed by atoms with Crippen molar-refractivity contribution in [3.8, 4) is 5.75 Å². The third-order valence-electron chi connectivity index (χ3n) is 14.9. The number of hydrogen-bond acceptors (Lipinski definition) is 3. The van der Waals surface area contributed by atoms with Gasteiger partial charge in [0.15, 0.2) is 5.78 Å². The van der Waals surface area contributed by atoms with E-state index in [1.165, 1.54) is 51.4 Å². The number of Topliss-reactive ketones (excluding diaryl/α,β-unsaturated/α-hetero) is 1. The molecule has 0 radical (unpaired) electrons. The standard InChI is InChI=1S/C39H56O3/c1-34(2)19-20-36(5)21-22-38(7)28(29(36)24-34)14-16-32-37(6)23-27(30(41)15-11-25-9-12-26(40)13-10-25)33(42)35(3,4)31(37)17-18-39(32,38)8/h9-13,15,28-29,31-32,40-41H,14,16-24H2,1-8H3/t28-,29-,31?,32-,36-,37+,38-,39-/m1/s1. The molecule has 0 aromatic heterocycles. The molecule has 1 aromatic carbocycles. The van der Waals surface area contributed by atoms with Crippen LogP contribution in [0.1, 0.15) is 125 Å². The number of benzene rings is 1. The molecule has 6 rings (SSSR count). The molecule has 0 bridgehead atoms. The summed E-state index contributed by atoms with van der Waals surface area (Å²) in [5, 5.41) is 21.1. The van der Waals surface area contributed by atoms with Gasteiger partial charge in [-0.2, -0.15) is 0 Å². The van der Waals surface area contributed by atoms with Crippen LogP contribution in [0.3, 0.4) is 0 Å². The summed E-state index contributed by atoms with van der Waals surface area (Å²) in [7, 11) is 0. The Morgan fingerprint density at radius 1 is 0.786 bits per heavy atom. The van der Waals surface area contributed by atoms with Gasteiger partial charge in [0.2, 0.25) is 0 Å². The van der Waals surface area contributed by atoms with E-state index in [9.17, 15) is 15.0 Å². The van der Waals surface area contributed by atoms with Gasteiger partial charge in [-0.1, -0.05) is 73.6 Å². The zero-order valence-corrected chi connectivity index (χ0v) is 27.6. The van der Waals surface area contributed by atoms with Crippen LogP contribution in [-0.4, -0.2) is 16.0 Å². The molecule has 3 heteroatoms. The molecule has 1 aromatic rings. The molecule has 3 nitrogen and oxygen atoms in total. The molecule has 230 valence electrons. The number of aromatic hydroxyl groups is 1. The molecule has 1 unspecified atom stereocenters. The van der Waals surface area contributed by atoms with Gasteiger partial charge in [0, 0.05) is 11.0 Å². The normalized spacial score (nSPS) is 45.4. The monoisotopic (exact) mass is 572 g/mol. The predicted molar refractivity (Wildman–Crippen MR) is 172 cm³/mol. The summed E-state index contributed by atoms with van der Waals surface area (Å²) in [5.74, 6) is 2.93. The fourth-order valence-electron chi connectivity index (χ4n) is 12.2. The molecule has 0 aliphatic heterocycles. The summed E-state index contributed by atoms with van der Waals surface area (Å²) in [6.07, 6.45) is 15.9. The third-order valence-corrected chi connectivity index (χ3v) is 14.9. The third kappa shape index (κ3) is 4.21. The van der Waals surface area contributed by atoms with Crippen LogP contribution < -0.4 is 0 Å². The van der Waals surface area contributed by atoms with Crippen molar-refractivity contribution in [2.45, 2.75) is 120 Å². The number of rotatable bonds is 2. The van der Waals surface area contributed by atoms with Crippen molar-refractivity contribution in [2.75, 3.05) is 0 Å². The van der Waals surface area contributed by atoms with Crippen molar-refractivity contribution in [3.63, 3.8) is 0 Å². The molecule has 0 heterocycles. The molecule has 0 saturated heterocycles. The van der Waals surface area contributed by atoms with Gasteiger partial charge >= 0.3 is 0 Å². The highest BCUT2D eigenvalue weighted by Crippen LogP contribution is 2.77. The Labute approximate surface area is 255 Å². The molecule has 5 aliphatic carbocycles. The number of carbonyl (C=O) groups excluding carboxylic acids is 1. The SMILES string of the molecule is CC1(C)CC[C@]2(C)CC[C@]3(C)[C@H](CC[C@@H]4[C@@]5(C)CC(=C(O)C=Cc6ccc(O)cc6)C(=O)C(C)(C)C5CC[C@]43C)[C@H]2C1. The first kappa shape index (κ1) is 30.0. The Morgan fingerprint density at radius 2 is 1.45 bits per heavy atom. The van der Waals surface area contributed by atoms with Gasteiger partial charge in [-0.25, -0.2) is 0 Å². The zero-order valence-electron chi connectivity index (χ0n) is 27.6. The van der Waals surface area contributed by atoms with E-state index in [0.29, 0.717) is 40.1 Å². The minimum absolute atomic E-state index is 0.0271. The van der Waals surface area contributed by atoms with Crippen molar-refractivity contribution in [2.24, 2.45) is 56.2 Å². The van der Waals surface area contributed by atoms with Gasteiger partial charge in [-0.05, 0) is 139 Å². The highest BCUT2D eigenvalue weighted by atomic mass is 16.3. The second-order valence-electron chi connectivity index (χ2n) is 17.8. The van der Waals surface area contributed by atoms with E-state index in [1.54, 1.807) is 18.2 Å². The fourth-order valence-corrected chi connectivity index (χ4v) is 12.2. The summed E-state index contributed by atoms with van der Waals surface area (Å²) in [6.45, 7) is 19.8. The van der Waals surface area contributed by atoms with Crippen molar-refractivity contribution >= 4 is 11.9 Å². The van der Waals surface area contributed by atoms with E-state index in [4.69, 9.17) is 0 Å². The lowest BCUT2D eigenvalue weighted by molar-refractivity contribution is -0.237. The number of fused-ring (bicyclic) bond motifs is 7. The fraction of sp³-hybridized carbons (Fsp3) is 0.718. The van der Waals surface area contributed by atoms with Crippen LogP contribution in [0.5, 0.6) is 5.75 Å². The van der Waals surface area contributed by atoms with Crippen LogP contribution in [-0.2, 0) is 4.79 Å². The highest BCUT2D eigenvalue weighted by molar-refractivity contribution is 6.01. The van der Waals surface area contributed by atoms with Gasteiger partial charge in [0.1, 0.15) is 11.5 Å². The molecular formula is C39H56O3. The topological polar surface area (TPSA) is 57.5 Å².